The first-order valence-electron chi connectivity index (χ1n) is 6.14. The molecule has 0 amide bonds. The zero-order chi connectivity index (χ0) is 13.2. The molecule has 6 nitrogen and oxygen atoms in total. The molecule has 3 heterocycles. The first-order chi connectivity index (χ1) is 9.24. The molecular weight excluding hydrogens is 262 g/mol. The maximum Gasteiger partial charge on any atom is 0.213 e. The molecular formula is C12H15N5OS. The van der Waals surface area contributed by atoms with E-state index in [-0.39, 0.29) is 0 Å². The second kappa shape index (κ2) is 5.10. The number of nitrogens with zero attached hydrogens (tertiary/aromatic N) is 4. The third-order valence-corrected chi connectivity index (χ3v) is 3.86. The van der Waals surface area contributed by atoms with Crippen LogP contribution in [-0.2, 0) is 13.0 Å². The normalized spacial score (nSPS) is 11.5. The number of aromatic nitrogens is 4. The van der Waals surface area contributed by atoms with Crippen molar-refractivity contribution in [1.82, 2.24) is 24.8 Å². The SMILES string of the molecule is Cc1cn2c(CNCCc3ncon3)c(C)nc2s1. The third-order valence-electron chi connectivity index (χ3n) is 2.97. The summed E-state index contributed by atoms with van der Waals surface area (Å²) >= 11 is 1.72. The lowest BCUT2D eigenvalue weighted by molar-refractivity contribution is 0.409. The fourth-order valence-electron chi connectivity index (χ4n) is 2.03. The van der Waals surface area contributed by atoms with Gasteiger partial charge in [-0.25, -0.2) is 4.98 Å². The van der Waals surface area contributed by atoms with Crippen LogP contribution in [0.2, 0.25) is 0 Å². The van der Waals surface area contributed by atoms with Gasteiger partial charge in [0.25, 0.3) is 0 Å². The first kappa shape index (κ1) is 12.3. The molecule has 1 N–H and O–H groups in total. The monoisotopic (exact) mass is 277 g/mol. The molecule has 0 aromatic carbocycles. The van der Waals surface area contributed by atoms with E-state index in [1.807, 2.05) is 6.92 Å². The zero-order valence-corrected chi connectivity index (χ0v) is 11.7. The van der Waals surface area contributed by atoms with Gasteiger partial charge in [-0.3, -0.25) is 4.40 Å². The first-order valence-corrected chi connectivity index (χ1v) is 6.95. The predicted octanol–water partition coefficient (Wildman–Crippen LogP) is 1.73. The van der Waals surface area contributed by atoms with Gasteiger partial charge in [-0.1, -0.05) is 5.16 Å². The molecule has 0 aliphatic rings. The molecule has 19 heavy (non-hydrogen) atoms. The largest absolute Gasteiger partial charge is 0.343 e. The number of nitrogens with one attached hydrogen (secondary N) is 1. The summed E-state index contributed by atoms with van der Waals surface area (Å²) in [6.45, 7) is 5.75. The Morgan fingerprint density at radius 1 is 1.42 bits per heavy atom. The molecule has 7 heteroatoms. The number of fused-ring (bicyclic) bond motifs is 1. The van der Waals surface area contributed by atoms with E-state index in [0.29, 0.717) is 0 Å². The van der Waals surface area contributed by atoms with Crippen LogP contribution in [0.5, 0.6) is 0 Å². The summed E-state index contributed by atoms with van der Waals surface area (Å²) in [6, 6.07) is 0. The van der Waals surface area contributed by atoms with Crippen LogP contribution in [0.1, 0.15) is 22.1 Å². The van der Waals surface area contributed by atoms with Gasteiger partial charge < -0.3 is 9.84 Å². The minimum Gasteiger partial charge on any atom is -0.343 e. The van der Waals surface area contributed by atoms with E-state index in [1.165, 1.54) is 17.0 Å². The summed E-state index contributed by atoms with van der Waals surface area (Å²) < 4.78 is 6.86. The summed E-state index contributed by atoms with van der Waals surface area (Å²) in [6.07, 6.45) is 4.25. The van der Waals surface area contributed by atoms with Crippen LogP contribution in [0.15, 0.2) is 17.1 Å². The summed E-state index contributed by atoms with van der Waals surface area (Å²) in [7, 11) is 0. The lowest BCUT2D eigenvalue weighted by Gasteiger charge is -2.03. The molecule has 0 saturated carbocycles. The number of thiazole rings is 1. The average Bonchev–Trinajstić information content (AvgIpc) is 3.03. The van der Waals surface area contributed by atoms with Crippen LogP contribution >= 0.6 is 11.3 Å². The second-order valence-corrected chi connectivity index (χ2v) is 5.63. The number of hydrogen-bond donors (Lipinski definition) is 1. The van der Waals surface area contributed by atoms with E-state index >= 15 is 0 Å². The second-order valence-electron chi connectivity index (χ2n) is 4.41. The molecule has 3 aromatic heterocycles. The molecule has 0 fully saturated rings. The van der Waals surface area contributed by atoms with Crippen LogP contribution in [0, 0.1) is 13.8 Å². The maximum atomic E-state index is 4.70. The summed E-state index contributed by atoms with van der Waals surface area (Å²) in [5.74, 6) is 0.731. The van der Waals surface area contributed by atoms with Gasteiger partial charge in [0, 0.05) is 30.6 Å². The molecule has 0 saturated heterocycles. The Labute approximate surface area is 114 Å². The van der Waals surface area contributed by atoms with Crippen molar-refractivity contribution in [2.75, 3.05) is 6.54 Å². The predicted molar refractivity (Wildman–Crippen MR) is 72.3 cm³/mol. The Morgan fingerprint density at radius 2 is 2.32 bits per heavy atom. The number of rotatable bonds is 5. The molecule has 0 unspecified atom stereocenters. The standard InChI is InChI=1S/C12H15N5OS/c1-8-6-17-10(9(2)15-12(17)19-8)5-13-4-3-11-14-7-18-16-11/h6-7,13H,3-5H2,1-2H3. The molecule has 0 atom stereocenters. The lowest BCUT2D eigenvalue weighted by atomic mass is 10.3. The Morgan fingerprint density at radius 3 is 3.11 bits per heavy atom. The highest BCUT2D eigenvalue weighted by molar-refractivity contribution is 7.17. The van der Waals surface area contributed by atoms with Crippen molar-refractivity contribution >= 4 is 16.3 Å². The Hall–Kier alpha value is -1.73. The average molecular weight is 277 g/mol. The smallest absolute Gasteiger partial charge is 0.213 e. The van der Waals surface area contributed by atoms with Crippen molar-refractivity contribution < 1.29 is 4.52 Å². The van der Waals surface area contributed by atoms with Gasteiger partial charge in [0.15, 0.2) is 10.8 Å². The molecule has 0 spiro atoms. The molecule has 3 rings (SSSR count). The Bertz CT molecular complexity index is 670. The topological polar surface area (TPSA) is 68.2 Å². The Kier molecular flexibility index (Phi) is 3.31. The highest BCUT2D eigenvalue weighted by Gasteiger charge is 2.10. The fourth-order valence-corrected chi connectivity index (χ4v) is 2.92. The number of hydrogen-bond acceptors (Lipinski definition) is 6. The van der Waals surface area contributed by atoms with Gasteiger partial charge >= 0.3 is 0 Å². The van der Waals surface area contributed by atoms with Crippen molar-refractivity contribution in [1.29, 1.82) is 0 Å². The minimum atomic E-state index is 0.731. The quantitative estimate of drug-likeness (QED) is 0.719. The van der Waals surface area contributed by atoms with E-state index in [4.69, 9.17) is 4.52 Å². The zero-order valence-electron chi connectivity index (χ0n) is 10.9. The molecule has 100 valence electrons. The van der Waals surface area contributed by atoms with Crippen molar-refractivity contribution in [3.05, 3.63) is 34.7 Å². The van der Waals surface area contributed by atoms with Gasteiger partial charge in [0.2, 0.25) is 6.39 Å². The van der Waals surface area contributed by atoms with Gasteiger partial charge in [-0.05, 0) is 13.8 Å². The summed E-state index contributed by atoms with van der Waals surface area (Å²) in [5, 5.41) is 7.17. The van der Waals surface area contributed by atoms with Crippen LogP contribution in [-0.4, -0.2) is 26.1 Å². The highest BCUT2D eigenvalue weighted by atomic mass is 32.1. The van der Waals surface area contributed by atoms with E-state index in [0.717, 1.165) is 36.0 Å². The van der Waals surface area contributed by atoms with Gasteiger partial charge in [0.05, 0.1) is 11.4 Å². The molecule has 3 aromatic rings. The van der Waals surface area contributed by atoms with Crippen molar-refractivity contribution in [2.45, 2.75) is 26.8 Å². The number of imidazole rings is 1. The Balaban J connectivity index is 1.63. The third kappa shape index (κ3) is 2.52. The molecule has 0 bridgehead atoms. The maximum absolute atomic E-state index is 4.70. The van der Waals surface area contributed by atoms with Gasteiger partial charge in [0.1, 0.15) is 0 Å². The minimum absolute atomic E-state index is 0.731. The van der Waals surface area contributed by atoms with Crippen LogP contribution in [0.25, 0.3) is 4.96 Å². The fraction of sp³-hybridized carbons (Fsp3) is 0.417. The summed E-state index contributed by atoms with van der Waals surface area (Å²) in [4.78, 5) is 10.9. The van der Waals surface area contributed by atoms with E-state index in [9.17, 15) is 0 Å². The van der Waals surface area contributed by atoms with Gasteiger partial charge in [-0.15, -0.1) is 11.3 Å². The molecule has 0 aliphatic carbocycles. The van der Waals surface area contributed by atoms with E-state index in [2.05, 4.69) is 38.0 Å². The molecule has 0 aliphatic heterocycles. The molecule has 0 radical (unpaired) electrons. The van der Waals surface area contributed by atoms with E-state index < -0.39 is 0 Å². The van der Waals surface area contributed by atoms with Crippen molar-refractivity contribution in [3.63, 3.8) is 0 Å². The highest BCUT2D eigenvalue weighted by Crippen LogP contribution is 2.20. The lowest BCUT2D eigenvalue weighted by Crippen LogP contribution is -2.18. The van der Waals surface area contributed by atoms with Crippen molar-refractivity contribution in [3.8, 4) is 0 Å². The number of aryl methyl sites for hydroxylation is 2. The summed E-state index contributed by atoms with van der Waals surface area (Å²) in [5.41, 5.74) is 2.30. The van der Waals surface area contributed by atoms with Crippen LogP contribution in [0.4, 0.5) is 0 Å². The van der Waals surface area contributed by atoms with Crippen molar-refractivity contribution in [2.24, 2.45) is 0 Å². The van der Waals surface area contributed by atoms with Crippen LogP contribution in [0.3, 0.4) is 0 Å². The van der Waals surface area contributed by atoms with E-state index in [1.54, 1.807) is 11.3 Å². The van der Waals surface area contributed by atoms with Crippen LogP contribution < -0.4 is 5.32 Å². The van der Waals surface area contributed by atoms with Gasteiger partial charge in [-0.2, -0.15) is 4.98 Å².